The summed E-state index contributed by atoms with van der Waals surface area (Å²) in [6.45, 7) is 4.40. The molecule has 1 atom stereocenters. The zero-order chi connectivity index (χ0) is 17.6. The van der Waals surface area contributed by atoms with Crippen molar-refractivity contribution in [1.82, 2.24) is 9.78 Å². The summed E-state index contributed by atoms with van der Waals surface area (Å²) >= 11 is 0. The number of hydrogen-bond acceptors (Lipinski definition) is 3. The van der Waals surface area contributed by atoms with Gasteiger partial charge in [0.05, 0.1) is 23.0 Å². The van der Waals surface area contributed by atoms with Gasteiger partial charge in [0.1, 0.15) is 0 Å². The van der Waals surface area contributed by atoms with Crippen molar-refractivity contribution in [3.63, 3.8) is 0 Å². The number of allylic oxidation sites excluding steroid dienone is 1. The van der Waals surface area contributed by atoms with E-state index in [1.807, 2.05) is 35.5 Å². The van der Waals surface area contributed by atoms with Gasteiger partial charge in [-0.2, -0.15) is 10.2 Å². The summed E-state index contributed by atoms with van der Waals surface area (Å²) in [7, 11) is 0. The maximum absolute atomic E-state index is 4.68. The number of anilines is 1. The molecule has 1 aromatic heterocycles. The molecule has 2 heterocycles. The Hall–Kier alpha value is -3.14. The van der Waals surface area contributed by atoms with E-state index < -0.39 is 0 Å². The number of para-hydroxylation sites is 2. The van der Waals surface area contributed by atoms with E-state index >= 15 is 0 Å². The lowest BCUT2D eigenvalue weighted by atomic mass is 9.72. The van der Waals surface area contributed by atoms with Gasteiger partial charge < -0.3 is 0 Å². The number of nitrogens with zero attached hydrogens (tertiary/aromatic N) is 4. The first-order chi connectivity index (χ1) is 12.8. The van der Waals surface area contributed by atoms with Crippen LogP contribution in [-0.4, -0.2) is 16.0 Å². The molecule has 0 fully saturated rings. The molecule has 1 aliphatic heterocycles. The van der Waals surface area contributed by atoms with Crippen molar-refractivity contribution in [3.05, 3.63) is 90.4 Å². The van der Waals surface area contributed by atoms with E-state index in [0.717, 1.165) is 36.3 Å². The Bertz CT molecular complexity index is 987. The lowest BCUT2D eigenvalue weighted by Gasteiger charge is -2.33. The van der Waals surface area contributed by atoms with Crippen LogP contribution in [0.3, 0.4) is 0 Å². The molecule has 0 amide bonds. The van der Waals surface area contributed by atoms with Gasteiger partial charge in [-0.15, -0.1) is 0 Å². The minimum Gasteiger partial charge on any atom is -0.238 e. The zero-order valence-electron chi connectivity index (χ0n) is 14.5. The molecule has 26 heavy (non-hydrogen) atoms. The van der Waals surface area contributed by atoms with Crippen LogP contribution in [0.15, 0.2) is 84.2 Å². The summed E-state index contributed by atoms with van der Waals surface area (Å²) in [6.07, 6.45) is 6.98. The van der Waals surface area contributed by atoms with Gasteiger partial charge in [-0.25, -0.2) is 9.69 Å². The Morgan fingerprint density at radius 3 is 2.35 bits per heavy atom. The molecule has 0 radical (unpaired) electrons. The van der Waals surface area contributed by atoms with E-state index in [1.54, 1.807) is 0 Å². The highest BCUT2D eigenvalue weighted by molar-refractivity contribution is 5.80. The number of hydrogen-bond donors (Lipinski definition) is 0. The summed E-state index contributed by atoms with van der Waals surface area (Å²) < 4.78 is 2.08. The van der Waals surface area contributed by atoms with Gasteiger partial charge in [-0.1, -0.05) is 43.0 Å². The van der Waals surface area contributed by atoms with Gasteiger partial charge in [-0.05, 0) is 49.1 Å². The molecule has 2 aromatic carbocycles. The Morgan fingerprint density at radius 2 is 1.62 bits per heavy atom. The minimum absolute atomic E-state index is 0.104. The molecule has 1 spiro atoms. The molecular weight excluding hydrogens is 320 g/mol. The summed E-state index contributed by atoms with van der Waals surface area (Å²) in [5.41, 5.74) is 5.74. The van der Waals surface area contributed by atoms with Gasteiger partial charge >= 0.3 is 0 Å². The highest BCUT2D eigenvalue weighted by atomic mass is 15.5. The van der Waals surface area contributed by atoms with E-state index in [-0.39, 0.29) is 5.41 Å². The van der Waals surface area contributed by atoms with Crippen LogP contribution in [0.1, 0.15) is 17.7 Å². The number of hydrazone groups is 1. The normalized spacial score (nSPS) is 21.4. The molecule has 4 nitrogen and oxygen atoms in total. The fourth-order valence-corrected chi connectivity index (χ4v) is 4.05. The average molecular weight is 340 g/mol. The Morgan fingerprint density at radius 1 is 0.923 bits per heavy atom. The fourth-order valence-electron chi connectivity index (χ4n) is 4.05. The first kappa shape index (κ1) is 15.1. The number of rotatable bonds is 2. The minimum atomic E-state index is -0.104. The molecule has 0 saturated carbocycles. The van der Waals surface area contributed by atoms with Gasteiger partial charge in [0.2, 0.25) is 0 Å². The molecule has 1 unspecified atom stereocenters. The predicted octanol–water partition coefficient (Wildman–Crippen LogP) is 4.37. The largest absolute Gasteiger partial charge is 0.238 e. The predicted molar refractivity (Wildman–Crippen MR) is 105 cm³/mol. The summed E-state index contributed by atoms with van der Waals surface area (Å²) in [6, 6.07) is 20.6. The van der Waals surface area contributed by atoms with Crippen molar-refractivity contribution in [2.75, 3.05) is 5.01 Å². The second-order valence-corrected chi connectivity index (χ2v) is 7.04. The van der Waals surface area contributed by atoms with Gasteiger partial charge in [0.25, 0.3) is 0 Å². The monoisotopic (exact) mass is 340 g/mol. The number of aromatic nitrogens is 2. The lowest BCUT2D eigenvalue weighted by Crippen LogP contribution is -2.33. The van der Waals surface area contributed by atoms with Crippen LogP contribution >= 0.6 is 0 Å². The second-order valence-electron chi connectivity index (χ2n) is 7.04. The molecule has 0 bridgehead atoms. The topological polar surface area (TPSA) is 33.4 Å². The fraction of sp³-hybridized carbons (Fsp3) is 0.182. The summed E-state index contributed by atoms with van der Waals surface area (Å²) in [5.74, 6) is 0. The SMILES string of the molecule is C=C1N(c2ccccc2)N=CC12CCc1c(cnn1-c1ccccc1)C2. The highest BCUT2D eigenvalue weighted by Crippen LogP contribution is 2.45. The van der Waals surface area contributed by atoms with Gasteiger partial charge in [-0.3, -0.25) is 0 Å². The van der Waals surface area contributed by atoms with Crippen LogP contribution in [0.25, 0.3) is 5.69 Å². The van der Waals surface area contributed by atoms with Crippen LogP contribution in [0.2, 0.25) is 0 Å². The molecule has 128 valence electrons. The van der Waals surface area contributed by atoms with Crippen molar-refractivity contribution in [2.24, 2.45) is 10.5 Å². The van der Waals surface area contributed by atoms with Gasteiger partial charge in [0, 0.05) is 17.6 Å². The second kappa shape index (κ2) is 5.70. The van der Waals surface area contributed by atoms with Crippen molar-refractivity contribution in [3.8, 4) is 5.69 Å². The third-order valence-corrected chi connectivity index (χ3v) is 5.52. The maximum atomic E-state index is 4.68. The van der Waals surface area contributed by atoms with E-state index in [2.05, 4.69) is 64.1 Å². The van der Waals surface area contributed by atoms with Crippen molar-refractivity contribution in [1.29, 1.82) is 0 Å². The number of benzene rings is 2. The van der Waals surface area contributed by atoms with E-state index in [9.17, 15) is 0 Å². The Balaban J connectivity index is 1.46. The van der Waals surface area contributed by atoms with Gasteiger partial charge in [0.15, 0.2) is 0 Å². The highest BCUT2D eigenvalue weighted by Gasteiger charge is 2.43. The first-order valence-corrected chi connectivity index (χ1v) is 8.98. The zero-order valence-corrected chi connectivity index (χ0v) is 14.5. The maximum Gasteiger partial charge on any atom is 0.0648 e. The molecule has 3 aromatic rings. The van der Waals surface area contributed by atoms with Crippen molar-refractivity contribution in [2.45, 2.75) is 19.3 Å². The molecule has 4 heteroatoms. The third-order valence-electron chi connectivity index (χ3n) is 5.52. The lowest BCUT2D eigenvalue weighted by molar-refractivity contribution is 0.439. The van der Waals surface area contributed by atoms with E-state index in [0.29, 0.717) is 0 Å². The van der Waals surface area contributed by atoms with E-state index in [4.69, 9.17) is 0 Å². The quantitative estimate of drug-likeness (QED) is 0.694. The van der Waals surface area contributed by atoms with Crippen LogP contribution < -0.4 is 5.01 Å². The molecular formula is C22H20N4. The Kier molecular flexibility index (Phi) is 3.32. The van der Waals surface area contributed by atoms with Crippen LogP contribution in [0.4, 0.5) is 5.69 Å². The molecule has 2 aliphatic rings. The van der Waals surface area contributed by atoms with E-state index in [1.165, 1.54) is 11.3 Å². The molecule has 0 saturated heterocycles. The smallest absolute Gasteiger partial charge is 0.0648 e. The van der Waals surface area contributed by atoms with Crippen LogP contribution in [0, 0.1) is 5.41 Å². The van der Waals surface area contributed by atoms with Crippen LogP contribution in [0.5, 0.6) is 0 Å². The third kappa shape index (κ3) is 2.22. The number of fused-ring (bicyclic) bond motifs is 1. The van der Waals surface area contributed by atoms with Crippen LogP contribution in [-0.2, 0) is 12.8 Å². The molecule has 1 aliphatic carbocycles. The first-order valence-electron chi connectivity index (χ1n) is 8.98. The van der Waals surface area contributed by atoms with Crippen molar-refractivity contribution >= 4 is 11.9 Å². The summed E-state index contributed by atoms with van der Waals surface area (Å²) in [5, 5.41) is 11.3. The molecule has 0 N–H and O–H groups in total. The summed E-state index contributed by atoms with van der Waals surface area (Å²) in [4.78, 5) is 0. The van der Waals surface area contributed by atoms with Crippen molar-refractivity contribution < 1.29 is 0 Å². The molecule has 5 rings (SSSR count). The average Bonchev–Trinajstić information content (AvgIpc) is 3.25. The standard InChI is InChI=1S/C22H20N4/c1-17-22(16-24-25(17)19-8-4-2-5-9-19)13-12-21-18(14-22)15-23-26(21)20-10-6-3-7-11-20/h2-11,15-16H,1,12-14H2. The Labute approximate surface area is 153 Å².